The Bertz CT molecular complexity index is 1080. The number of H-pyrrole nitrogens is 1. The lowest BCUT2D eigenvalue weighted by Gasteiger charge is -2.11. The molecule has 0 aliphatic heterocycles. The van der Waals surface area contributed by atoms with E-state index < -0.39 is 9.84 Å². The Kier molecular flexibility index (Phi) is 9.16. The molecular formula is C22H29IN4O2S. The van der Waals surface area contributed by atoms with Gasteiger partial charge in [0.2, 0.25) is 0 Å². The quantitative estimate of drug-likeness (QED) is 0.232. The van der Waals surface area contributed by atoms with Gasteiger partial charge in [0.25, 0.3) is 0 Å². The number of halogens is 1. The van der Waals surface area contributed by atoms with E-state index >= 15 is 0 Å². The third-order valence-corrected chi connectivity index (χ3v) is 5.86. The van der Waals surface area contributed by atoms with E-state index in [-0.39, 0.29) is 24.0 Å². The Morgan fingerprint density at radius 1 is 1.03 bits per heavy atom. The zero-order valence-corrected chi connectivity index (χ0v) is 20.5. The second-order valence-corrected chi connectivity index (χ2v) is 8.98. The van der Waals surface area contributed by atoms with Gasteiger partial charge in [-0.15, -0.1) is 24.0 Å². The SMILES string of the molecule is CCNC(=NCCc1c[nH]c2ccccc12)NCCc1ccc(S(C)(=O)=O)cc1.I. The van der Waals surface area contributed by atoms with E-state index in [9.17, 15) is 8.42 Å². The van der Waals surface area contributed by atoms with Crippen molar-refractivity contribution in [3.63, 3.8) is 0 Å². The van der Waals surface area contributed by atoms with Crippen LogP contribution >= 0.6 is 24.0 Å². The molecule has 30 heavy (non-hydrogen) atoms. The fourth-order valence-electron chi connectivity index (χ4n) is 3.20. The fraction of sp³-hybridized carbons (Fsp3) is 0.318. The van der Waals surface area contributed by atoms with Crippen LogP contribution in [-0.4, -0.2) is 45.3 Å². The van der Waals surface area contributed by atoms with Gasteiger partial charge in [-0.2, -0.15) is 0 Å². The lowest BCUT2D eigenvalue weighted by molar-refractivity contribution is 0.602. The summed E-state index contributed by atoms with van der Waals surface area (Å²) >= 11 is 0. The molecule has 0 aliphatic carbocycles. The Hall–Kier alpha value is -2.07. The largest absolute Gasteiger partial charge is 0.361 e. The summed E-state index contributed by atoms with van der Waals surface area (Å²) < 4.78 is 23.1. The van der Waals surface area contributed by atoms with Crippen molar-refractivity contribution in [2.24, 2.45) is 4.99 Å². The van der Waals surface area contributed by atoms with Gasteiger partial charge in [-0.3, -0.25) is 4.99 Å². The molecule has 0 bridgehead atoms. The molecule has 2 aromatic carbocycles. The number of aromatic amines is 1. The smallest absolute Gasteiger partial charge is 0.191 e. The van der Waals surface area contributed by atoms with Crippen LogP contribution in [0.2, 0.25) is 0 Å². The number of sulfone groups is 1. The van der Waals surface area contributed by atoms with Crippen LogP contribution in [0.5, 0.6) is 0 Å². The van der Waals surface area contributed by atoms with Gasteiger partial charge < -0.3 is 15.6 Å². The summed E-state index contributed by atoms with van der Waals surface area (Å²) in [5.41, 5.74) is 3.50. The highest BCUT2D eigenvalue weighted by atomic mass is 127. The number of para-hydroxylation sites is 1. The van der Waals surface area contributed by atoms with Crippen molar-refractivity contribution in [1.82, 2.24) is 15.6 Å². The minimum atomic E-state index is -3.15. The summed E-state index contributed by atoms with van der Waals surface area (Å²) in [6.45, 7) is 4.25. The number of hydrogen-bond donors (Lipinski definition) is 3. The summed E-state index contributed by atoms with van der Waals surface area (Å²) in [5, 5.41) is 7.86. The predicted octanol–water partition coefficient (Wildman–Crippen LogP) is 3.53. The van der Waals surface area contributed by atoms with Gasteiger partial charge in [0.1, 0.15) is 0 Å². The molecule has 0 saturated carbocycles. The highest BCUT2D eigenvalue weighted by Crippen LogP contribution is 2.18. The van der Waals surface area contributed by atoms with Crippen LogP contribution < -0.4 is 10.6 Å². The lowest BCUT2D eigenvalue weighted by atomic mass is 10.1. The number of aromatic nitrogens is 1. The number of nitrogens with one attached hydrogen (secondary N) is 3. The standard InChI is InChI=1S/C22H28N4O2S.HI/c1-3-23-22(24-14-12-17-8-10-19(11-9-17)29(2,27)28)25-15-13-18-16-26-21-7-5-4-6-20(18)21;/h4-11,16,26H,3,12-15H2,1-2H3,(H2,23,24,25);1H. The molecule has 1 aromatic heterocycles. The highest BCUT2D eigenvalue weighted by Gasteiger charge is 2.06. The molecule has 0 fully saturated rings. The molecule has 6 nitrogen and oxygen atoms in total. The van der Waals surface area contributed by atoms with Crippen molar-refractivity contribution in [3.8, 4) is 0 Å². The van der Waals surface area contributed by atoms with E-state index in [0.29, 0.717) is 11.4 Å². The second kappa shape index (κ2) is 11.4. The van der Waals surface area contributed by atoms with Crippen LogP contribution in [-0.2, 0) is 22.7 Å². The van der Waals surface area contributed by atoms with E-state index in [4.69, 9.17) is 0 Å². The first-order valence-corrected chi connectivity index (χ1v) is 11.7. The monoisotopic (exact) mass is 540 g/mol. The summed E-state index contributed by atoms with van der Waals surface area (Å²) in [6.07, 6.45) is 4.93. The molecule has 0 aliphatic rings. The van der Waals surface area contributed by atoms with Crippen molar-refractivity contribution < 1.29 is 8.42 Å². The van der Waals surface area contributed by atoms with E-state index in [2.05, 4.69) is 45.0 Å². The van der Waals surface area contributed by atoms with Gasteiger partial charge in [0, 0.05) is 43.0 Å². The van der Waals surface area contributed by atoms with E-state index in [0.717, 1.165) is 43.0 Å². The number of fused-ring (bicyclic) bond motifs is 1. The van der Waals surface area contributed by atoms with Crippen LogP contribution in [0.3, 0.4) is 0 Å². The molecule has 0 saturated heterocycles. The summed E-state index contributed by atoms with van der Waals surface area (Å²) in [5.74, 6) is 0.792. The molecule has 3 N–H and O–H groups in total. The summed E-state index contributed by atoms with van der Waals surface area (Å²) in [7, 11) is -3.15. The normalized spacial score (nSPS) is 11.9. The highest BCUT2D eigenvalue weighted by molar-refractivity contribution is 14.0. The average Bonchev–Trinajstić information content (AvgIpc) is 3.11. The third kappa shape index (κ3) is 6.73. The van der Waals surface area contributed by atoms with Crippen molar-refractivity contribution in [1.29, 1.82) is 0 Å². The van der Waals surface area contributed by atoms with Gasteiger partial charge in [-0.25, -0.2) is 8.42 Å². The molecule has 0 amide bonds. The van der Waals surface area contributed by atoms with Gasteiger partial charge >= 0.3 is 0 Å². The third-order valence-electron chi connectivity index (χ3n) is 4.73. The molecule has 0 radical (unpaired) electrons. The number of benzene rings is 2. The average molecular weight is 540 g/mol. The molecule has 0 atom stereocenters. The van der Waals surface area contributed by atoms with E-state index in [1.165, 1.54) is 17.2 Å². The van der Waals surface area contributed by atoms with Gasteiger partial charge in [0.15, 0.2) is 15.8 Å². The van der Waals surface area contributed by atoms with E-state index in [1.54, 1.807) is 12.1 Å². The molecule has 3 aromatic rings. The first-order valence-electron chi connectivity index (χ1n) is 9.83. The number of hydrogen-bond acceptors (Lipinski definition) is 3. The van der Waals surface area contributed by atoms with Gasteiger partial charge in [-0.05, 0) is 49.1 Å². The maximum absolute atomic E-state index is 11.5. The molecule has 0 unspecified atom stereocenters. The molecule has 1 heterocycles. The molecule has 3 rings (SSSR count). The predicted molar refractivity (Wildman–Crippen MR) is 135 cm³/mol. The maximum Gasteiger partial charge on any atom is 0.191 e. The molecule has 8 heteroatoms. The van der Waals surface area contributed by atoms with Crippen molar-refractivity contribution in [2.75, 3.05) is 25.9 Å². The maximum atomic E-state index is 11.5. The minimum absolute atomic E-state index is 0. The van der Waals surface area contributed by atoms with Crippen LogP contribution in [0.15, 0.2) is 64.6 Å². The summed E-state index contributed by atoms with van der Waals surface area (Å²) in [4.78, 5) is 8.32. The fourth-order valence-corrected chi connectivity index (χ4v) is 3.83. The number of nitrogens with zero attached hydrogens (tertiary/aromatic N) is 1. The number of aliphatic imine (C=N–C) groups is 1. The van der Waals surface area contributed by atoms with Crippen molar-refractivity contribution in [3.05, 3.63) is 65.9 Å². The van der Waals surface area contributed by atoms with Crippen LogP contribution in [0.25, 0.3) is 10.9 Å². The van der Waals surface area contributed by atoms with Gasteiger partial charge in [-0.1, -0.05) is 30.3 Å². The topological polar surface area (TPSA) is 86.3 Å². The zero-order chi connectivity index (χ0) is 20.7. The van der Waals surface area contributed by atoms with Crippen molar-refractivity contribution in [2.45, 2.75) is 24.7 Å². The summed E-state index contributed by atoms with van der Waals surface area (Å²) in [6, 6.07) is 15.3. The second-order valence-electron chi connectivity index (χ2n) is 6.96. The number of rotatable bonds is 8. The number of guanidine groups is 1. The lowest BCUT2D eigenvalue weighted by Crippen LogP contribution is -2.38. The van der Waals surface area contributed by atoms with Gasteiger partial charge in [0.05, 0.1) is 4.90 Å². The minimum Gasteiger partial charge on any atom is -0.361 e. The first-order chi connectivity index (χ1) is 14.0. The Labute approximate surface area is 195 Å². The first kappa shape index (κ1) is 24.2. The Morgan fingerprint density at radius 2 is 1.77 bits per heavy atom. The molecular weight excluding hydrogens is 511 g/mol. The zero-order valence-electron chi connectivity index (χ0n) is 17.3. The Balaban J connectivity index is 0.00000320. The molecule has 162 valence electrons. The Morgan fingerprint density at radius 3 is 2.47 bits per heavy atom. The van der Waals surface area contributed by atoms with Crippen LogP contribution in [0.4, 0.5) is 0 Å². The van der Waals surface area contributed by atoms with E-state index in [1.807, 2.05) is 25.1 Å². The molecule has 0 spiro atoms. The van der Waals surface area contributed by atoms with Crippen LogP contribution in [0.1, 0.15) is 18.1 Å². The van der Waals surface area contributed by atoms with Crippen molar-refractivity contribution >= 4 is 50.7 Å². The van der Waals surface area contributed by atoms with Crippen LogP contribution in [0, 0.1) is 0 Å².